The Morgan fingerprint density at radius 3 is 3.04 bits per heavy atom. The van der Waals surface area contributed by atoms with E-state index < -0.39 is 6.03 Å². The molecule has 1 unspecified atom stereocenters. The Morgan fingerprint density at radius 2 is 2.29 bits per heavy atom. The summed E-state index contributed by atoms with van der Waals surface area (Å²) in [7, 11) is 0. The number of rotatable bonds is 4. The molecule has 0 spiro atoms. The molecule has 1 atom stereocenters. The Labute approximate surface area is 167 Å². The van der Waals surface area contributed by atoms with Gasteiger partial charge in [0.2, 0.25) is 0 Å². The van der Waals surface area contributed by atoms with Crippen LogP contribution in [-0.2, 0) is 6.54 Å². The van der Waals surface area contributed by atoms with Crippen molar-refractivity contribution in [1.82, 2.24) is 20.4 Å². The molecule has 5 N–H and O–H groups in total. The lowest BCUT2D eigenvalue weighted by atomic mass is 10.1. The van der Waals surface area contributed by atoms with Gasteiger partial charge in [0.1, 0.15) is 4.88 Å². The molecule has 0 aliphatic carbocycles. The SMILES string of the molecule is CCn1cc(C#Cc2cc(NC(N)=O)c(C(=O)NC3CCCCNC3)s2)cn1. The summed E-state index contributed by atoms with van der Waals surface area (Å²) < 4.78 is 1.79. The molecular weight excluding hydrogens is 376 g/mol. The van der Waals surface area contributed by atoms with E-state index in [1.165, 1.54) is 11.3 Å². The van der Waals surface area contributed by atoms with Gasteiger partial charge in [0.25, 0.3) is 5.91 Å². The van der Waals surface area contributed by atoms with Crippen LogP contribution in [0.2, 0.25) is 0 Å². The number of urea groups is 1. The van der Waals surface area contributed by atoms with Crippen molar-refractivity contribution in [2.45, 2.75) is 38.8 Å². The molecule has 1 aliphatic heterocycles. The first-order valence-electron chi connectivity index (χ1n) is 9.31. The zero-order valence-corrected chi connectivity index (χ0v) is 16.6. The third-order valence-corrected chi connectivity index (χ3v) is 5.41. The Balaban J connectivity index is 1.79. The number of carbonyl (C=O) groups excluding carboxylic acids is 2. The quantitative estimate of drug-likeness (QED) is 0.585. The summed E-state index contributed by atoms with van der Waals surface area (Å²) in [5.74, 6) is 5.83. The van der Waals surface area contributed by atoms with Crippen molar-refractivity contribution < 1.29 is 9.59 Å². The second-order valence-corrected chi connectivity index (χ2v) is 7.60. The van der Waals surface area contributed by atoms with Gasteiger partial charge >= 0.3 is 6.03 Å². The van der Waals surface area contributed by atoms with Crippen molar-refractivity contribution in [3.63, 3.8) is 0 Å². The number of amides is 3. The minimum absolute atomic E-state index is 0.0629. The number of nitrogens with two attached hydrogens (primary N) is 1. The molecular formula is C19H24N6O2S. The fourth-order valence-electron chi connectivity index (χ4n) is 2.97. The second-order valence-electron chi connectivity index (χ2n) is 6.55. The molecule has 2 aromatic rings. The van der Waals surface area contributed by atoms with Gasteiger partial charge in [0, 0.05) is 25.3 Å². The highest BCUT2D eigenvalue weighted by atomic mass is 32.1. The highest BCUT2D eigenvalue weighted by Crippen LogP contribution is 2.27. The topological polar surface area (TPSA) is 114 Å². The largest absolute Gasteiger partial charge is 0.351 e. The molecule has 1 saturated heterocycles. The Bertz CT molecular complexity index is 899. The van der Waals surface area contributed by atoms with Crippen molar-refractivity contribution >= 4 is 29.0 Å². The minimum atomic E-state index is -0.716. The Hall–Kier alpha value is -2.83. The lowest BCUT2D eigenvalue weighted by Gasteiger charge is -2.16. The van der Waals surface area contributed by atoms with E-state index >= 15 is 0 Å². The number of thiophene rings is 1. The van der Waals surface area contributed by atoms with Gasteiger partial charge < -0.3 is 21.7 Å². The number of aromatic nitrogens is 2. The van der Waals surface area contributed by atoms with Crippen LogP contribution in [0.3, 0.4) is 0 Å². The van der Waals surface area contributed by atoms with E-state index in [0.717, 1.165) is 44.5 Å². The summed E-state index contributed by atoms with van der Waals surface area (Å²) in [6, 6.07) is 1.02. The number of carbonyl (C=O) groups is 2. The van der Waals surface area contributed by atoms with Gasteiger partial charge in [-0.25, -0.2) is 4.79 Å². The van der Waals surface area contributed by atoms with E-state index in [0.29, 0.717) is 15.4 Å². The zero-order chi connectivity index (χ0) is 19.9. The summed E-state index contributed by atoms with van der Waals surface area (Å²) in [6.45, 7) is 4.48. The van der Waals surface area contributed by atoms with Crippen LogP contribution in [0.4, 0.5) is 10.5 Å². The average Bonchev–Trinajstić information content (AvgIpc) is 3.20. The first-order chi connectivity index (χ1) is 13.5. The molecule has 2 aromatic heterocycles. The number of primary amides is 1. The van der Waals surface area contributed by atoms with Crippen LogP contribution in [0.15, 0.2) is 18.5 Å². The van der Waals surface area contributed by atoms with Crippen LogP contribution in [-0.4, -0.2) is 40.9 Å². The molecule has 3 heterocycles. The van der Waals surface area contributed by atoms with Gasteiger partial charge in [-0.2, -0.15) is 5.10 Å². The summed E-state index contributed by atoms with van der Waals surface area (Å²) in [6.07, 6.45) is 6.65. The van der Waals surface area contributed by atoms with Crippen molar-refractivity contribution in [3.05, 3.63) is 33.8 Å². The smallest absolute Gasteiger partial charge is 0.316 e. The number of hydrogen-bond donors (Lipinski definition) is 4. The number of nitrogens with zero attached hydrogens (tertiary/aromatic N) is 2. The van der Waals surface area contributed by atoms with Crippen LogP contribution in [0.5, 0.6) is 0 Å². The van der Waals surface area contributed by atoms with E-state index in [4.69, 9.17) is 5.73 Å². The van der Waals surface area contributed by atoms with Gasteiger partial charge in [-0.3, -0.25) is 9.48 Å². The van der Waals surface area contributed by atoms with Gasteiger partial charge in [-0.1, -0.05) is 18.3 Å². The molecule has 0 aromatic carbocycles. The standard InChI is InChI=1S/C19H24N6O2S/c1-2-25-12-13(10-22-25)6-7-15-9-16(24-19(20)27)17(28-15)18(26)23-14-5-3-4-8-21-11-14/h9-10,12,14,21H,2-5,8,11H2,1H3,(H,23,26)(H3,20,24,27). The first-order valence-corrected chi connectivity index (χ1v) is 10.1. The van der Waals surface area contributed by atoms with Crippen LogP contribution >= 0.6 is 11.3 Å². The minimum Gasteiger partial charge on any atom is -0.351 e. The molecule has 0 saturated carbocycles. The van der Waals surface area contributed by atoms with E-state index in [1.807, 2.05) is 13.1 Å². The first kappa shape index (κ1) is 19.9. The lowest BCUT2D eigenvalue weighted by Crippen LogP contribution is -2.40. The maximum absolute atomic E-state index is 12.8. The fourth-order valence-corrected chi connectivity index (χ4v) is 3.85. The van der Waals surface area contributed by atoms with Crippen molar-refractivity contribution in [2.75, 3.05) is 18.4 Å². The lowest BCUT2D eigenvalue weighted by molar-refractivity contribution is 0.0940. The van der Waals surface area contributed by atoms with Crippen LogP contribution in [0.1, 0.15) is 46.3 Å². The van der Waals surface area contributed by atoms with Gasteiger partial charge in [0.05, 0.1) is 22.3 Å². The average molecular weight is 401 g/mol. The van der Waals surface area contributed by atoms with Gasteiger partial charge in [-0.05, 0) is 32.4 Å². The van der Waals surface area contributed by atoms with Crippen LogP contribution in [0, 0.1) is 11.8 Å². The number of nitrogens with one attached hydrogen (secondary N) is 3. The maximum atomic E-state index is 12.8. The maximum Gasteiger partial charge on any atom is 0.316 e. The zero-order valence-electron chi connectivity index (χ0n) is 15.7. The second kappa shape index (κ2) is 9.39. The molecule has 3 rings (SSSR count). The number of aryl methyl sites for hydroxylation is 1. The number of hydrogen-bond acceptors (Lipinski definition) is 5. The summed E-state index contributed by atoms with van der Waals surface area (Å²) in [5, 5.41) is 13.1. The predicted octanol–water partition coefficient (Wildman–Crippen LogP) is 1.73. The predicted molar refractivity (Wildman–Crippen MR) is 109 cm³/mol. The molecule has 28 heavy (non-hydrogen) atoms. The van der Waals surface area contributed by atoms with E-state index in [2.05, 4.69) is 32.9 Å². The van der Waals surface area contributed by atoms with Crippen LogP contribution < -0.4 is 21.7 Å². The van der Waals surface area contributed by atoms with Gasteiger partial charge in [0.15, 0.2) is 0 Å². The molecule has 1 fully saturated rings. The van der Waals surface area contributed by atoms with E-state index in [-0.39, 0.29) is 11.9 Å². The van der Waals surface area contributed by atoms with Crippen molar-refractivity contribution in [3.8, 4) is 11.8 Å². The van der Waals surface area contributed by atoms with E-state index in [9.17, 15) is 9.59 Å². The third kappa shape index (κ3) is 5.34. The molecule has 3 amide bonds. The summed E-state index contributed by atoms with van der Waals surface area (Å²) >= 11 is 1.23. The third-order valence-electron chi connectivity index (χ3n) is 4.37. The summed E-state index contributed by atoms with van der Waals surface area (Å²) in [5.41, 5.74) is 6.42. The van der Waals surface area contributed by atoms with Crippen LogP contribution in [0.25, 0.3) is 0 Å². The Kier molecular flexibility index (Phi) is 6.68. The summed E-state index contributed by atoms with van der Waals surface area (Å²) in [4.78, 5) is 25.2. The van der Waals surface area contributed by atoms with Crippen molar-refractivity contribution in [2.24, 2.45) is 5.73 Å². The fraction of sp³-hybridized carbons (Fsp3) is 0.421. The van der Waals surface area contributed by atoms with Gasteiger partial charge in [-0.15, -0.1) is 11.3 Å². The highest BCUT2D eigenvalue weighted by Gasteiger charge is 2.21. The molecule has 8 nitrogen and oxygen atoms in total. The molecule has 148 valence electrons. The molecule has 1 aliphatic rings. The normalized spacial score (nSPS) is 16.5. The Morgan fingerprint density at radius 1 is 1.43 bits per heavy atom. The molecule has 9 heteroatoms. The molecule has 0 bridgehead atoms. The highest BCUT2D eigenvalue weighted by molar-refractivity contribution is 7.15. The molecule has 0 radical (unpaired) electrons. The number of anilines is 1. The monoisotopic (exact) mass is 400 g/mol. The van der Waals surface area contributed by atoms with Crippen molar-refractivity contribution in [1.29, 1.82) is 0 Å². The van der Waals surface area contributed by atoms with E-state index in [1.54, 1.807) is 16.9 Å².